The minimum absolute atomic E-state index is 0.0246. The van der Waals surface area contributed by atoms with Crippen molar-refractivity contribution in [2.75, 3.05) is 24.2 Å². The molecule has 4 heteroatoms. The maximum absolute atomic E-state index is 8.88. The number of aliphatic hydroxyl groups is 1. The van der Waals surface area contributed by atoms with Gasteiger partial charge in [0.15, 0.2) is 0 Å². The molecule has 0 spiro atoms. The predicted octanol–water partition coefficient (Wildman–Crippen LogP) is 0.434. The predicted molar refractivity (Wildman–Crippen MR) is 50.8 cm³/mol. The Labute approximate surface area is 76.3 Å². The van der Waals surface area contributed by atoms with E-state index in [0.717, 1.165) is 11.4 Å². The number of nitrogen functional groups attached to an aromatic ring is 1. The second-order valence-electron chi connectivity index (χ2n) is 3.06. The summed E-state index contributed by atoms with van der Waals surface area (Å²) in [4.78, 5) is 0. The second-order valence-corrected chi connectivity index (χ2v) is 3.06. The van der Waals surface area contributed by atoms with E-state index in [1.54, 1.807) is 12.1 Å². The molecule has 4 N–H and O–H groups in total. The fourth-order valence-corrected chi connectivity index (χ4v) is 1.34. The lowest BCUT2D eigenvalue weighted by Crippen LogP contribution is -2.33. The zero-order chi connectivity index (χ0) is 9.26. The summed E-state index contributed by atoms with van der Waals surface area (Å²) in [5.41, 5.74) is 7.20. The summed E-state index contributed by atoms with van der Waals surface area (Å²) in [6, 6.07) is 5.41. The number of nitrogens with one attached hydrogen (secondary N) is 1. The average molecular weight is 180 g/mol. The van der Waals surface area contributed by atoms with Crippen molar-refractivity contribution in [2.45, 2.75) is 6.10 Å². The highest BCUT2D eigenvalue weighted by Crippen LogP contribution is 2.30. The molecule has 1 heterocycles. The molecule has 0 fully saturated rings. The molecule has 0 aromatic heterocycles. The van der Waals surface area contributed by atoms with E-state index in [9.17, 15) is 0 Å². The standard InChI is InChI=1S/C9H12N2O2/c10-6-1-2-9-8(3-6)11-4-7(5-12)13-9/h1-3,7,11-12H,4-5,10H2/t7-/m0/s1. The molecule has 4 nitrogen and oxygen atoms in total. The Kier molecular flexibility index (Phi) is 1.98. The minimum Gasteiger partial charge on any atom is -0.484 e. The fourth-order valence-electron chi connectivity index (χ4n) is 1.34. The fraction of sp³-hybridized carbons (Fsp3) is 0.333. The Bertz CT molecular complexity index is 314. The normalized spacial score (nSPS) is 19.9. The molecule has 13 heavy (non-hydrogen) atoms. The van der Waals surface area contributed by atoms with Crippen molar-refractivity contribution < 1.29 is 9.84 Å². The molecule has 0 saturated carbocycles. The monoisotopic (exact) mass is 180 g/mol. The van der Waals surface area contributed by atoms with E-state index in [1.165, 1.54) is 0 Å². The summed E-state index contributed by atoms with van der Waals surface area (Å²) in [7, 11) is 0. The molecule has 1 atom stereocenters. The largest absolute Gasteiger partial charge is 0.484 e. The SMILES string of the molecule is Nc1ccc2c(c1)NC[C@@H](CO)O2. The van der Waals surface area contributed by atoms with Crippen LogP contribution in [0.5, 0.6) is 5.75 Å². The number of rotatable bonds is 1. The summed E-state index contributed by atoms with van der Waals surface area (Å²) in [6.45, 7) is 0.643. The van der Waals surface area contributed by atoms with E-state index in [4.69, 9.17) is 15.6 Å². The Morgan fingerprint density at radius 3 is 3.23 bits per heavy atom. The summed E-state index contributed by atoms with van der Waals surface area (Å²) in [5, 5.41) is 12.0. The highest BCUT2D eigenvalue weighted by molar-refractivity contribution is 5.64. The van der Waals surface area contributed by atoms with E-state index in [1.807, 2.05) is 6.07 Å². The third kappa shape index (κ3) is 1.53. The molecule has 0 radical (unpaired) electrons. The zero-order valence-corrected chi connectivity index (χ0v) is 7.16. The smallest absolute Gasteiger partial charge is 0.143 e. The van der Waals surface area contributed by atoms with Crippen LogP contribution in [0.3, 0.4) is 0 Å². The van der Waals surface area contributed by atoms with Crippen molar-refractivity contribution >= 4 is 11.4 Å². The number of aliphatic hydroxyl groups excluding tert-OH is 1. The Balaban J connectivity index is 2.26. The quantitative estimate of drug-likeness (QED) is 0.548. The van der Waals surface area contributed by atoms with Gasteiger partial charge in [-0.15, -0.1) is 0 Å². The first-order valence-corrected chi connectivity index (χ1v) is 4.20. The molecule has 1 aromatic rings. The lowest BCUT2D eigenvalue weighted by atomic mass is 10.2. The van der Waals surface area contributed by atoms with Gasteiger partial charge in [0.2, 0.25) is 0 Å². The highest BCUT2D eigenvalue weighted by atomic mass is 16.5. The van der Waals surface area contributed by atoms with Crippen LogP contribution in [0.25, 0.3) is 0 Å². The van der Waals surface area contributed by atoms with Crippen LogP contribution in [0, 0.1) is 0 Å². The summed E-state index contributed by atoms with van der Waals surface area (Å²) >= 11 is 0. The van der Waals surface area contributed by atoms with Crippen LogP contribution in [0.4, 0.5) is 11.4 Å². The Morgan fingerprint density at radius 2 is 2.46 bits per heavy atom. The van der Waals surface area contributed by atoms with Crippen molar-refractivity contribution in [2.24, 2.45) is 0 Å². The number of benzene rings is 1. The first-order chi connectivity index (χ1) is 6.29. The summed E-state index contributed by atoms with van der Waals surface area (Å²) < 4.78 is 5.47. The molecule has 0 saturated heterocycles. The topological polar surface area (TPSA) is 67.5 Å². The van der Waals surface area contributed by atoms with Crippen LogP contribution in [0.15, 0.2) is 18.2 Å². The van der Waals surface area contributed by atoms with Gasteiger partial charge in [0.25, 0.3) is 0 Å². The van der Waals surface area contributed by atoms with Gasteiger partial charge in [0, 0.05) is 5.69 Å². The van der Waals surface area contributed by atoms with Gasteiger partial charge in [-0.3, -0.25) is 0 Å². The van der Waals surface area contributed by atoms with Crippen LogP contribution in [0.2, 0.25) is 0 Å². The number of fused-ring (bicyclic) bond motifs is 1. The Morgan fingerprint density at radius 1 is 1.62 bits per heavy atom. The van der Waals surface area contributed by atoms with Crippen LogP contribution < -0.4 is 15.8 Å². The van der Waals surface area contributed by atoms with Crippen LogP contribution in [-0.2, 0) is 0 Å². The molecular weight excluding hydrogens is 168 g/mol. The molecule has 0 unspecified atom stereocenters. The number of anilines is 2. The van der Waals surface area contributed by atoms with Crippen LogP contribution in [-0.4, -0.2) is 24.4 Å². The first-order valence-electron chi connectivity index (χ1n) is 4.20. The molecule has 70 valence electrons. The third-order valence-electron chi connectivity index (χ3n) is 2.02. The van der Waals surface area contributed by atoms with Crippen molar-refractivity contribution in [3.8, 4) is 5.75 Å². The molecule has 0 aliphatic carbocycles. The second kappa shape index (κ2) is 3.14. The number of ether oxygens (including phenoxy) is 1. The number of hydrogen-bond donors (Lipinski definition) is 3. The van der Waals surface area contributed by atoms with Gasteiger partial charge in [-0.05, 0) is 18.2 Å². The van der Waals surface area contributed by atoms with Gasteiger partial charge in [-0.25, -0.2) is 0 Å². The van der Waals surface area contributed by atoms with E-state index in [0.29, 0.717) is 12.2 Å². The molecule has 1 aliphatic rings. The molecule has 1 aromatic carbocycles. The number of nitrogens with two attached hydrogens (primary N) is 1. The van der Waals surface area contributed by atoms with Crippen LogP contribution in [0.1, 0.15) is 0 Å². The van der Waals surface area contributed by atoms with Gasteiger partial charge in [-0.2, -0.15) is 0 Å². The number of hydrogen-bond acceptors (Lipinski definition) is 4. The van der Waals surface area contributed by atoms with Gasteiger partial charge in [0.05, 0.1) is 18.8 Å². The molecule has 1 aliphatic heterocycles. The molecule has 0 bridgehead atoms. The first kappa shape index (κ1) is 8.19. The molecular formula is C9H12N2O2. The lowest BCUT2D eigenvalue weighted by molar-refractivity contribution is 0.120. The van der Waals surface area contributed by atoms with Crippen molar-refractivity contribution in [3.05, 3.63) is 18.2 Å². The highest BCUT2D eigenvalue weighted by Gasteiger charge is 2.17. The van der Waals surface area contributed by atoms with Gasteiger partial charge < -0.3 is 20.9 Å². The van der Waals surface area contributed by atoms with E-state index >= 15 is 0 Å². The lowest BCUT2D eigenvalue weighted by Gasteiger charge is -2.26. The van der Waals surface area contributed by atoms with E-state index in [2.05, 4.69) is 5.32 Å². The zero-order valence-electron chi connectivity index (χ0n) is 7.16. The maximum atomic E-state index is 8.88. The van der Waals surface area contributed by atoms with Gasteiger partial charge in [0.1, 0.15) is 11.9 Å². The summed E-state index contributed by atoms with van der Waals surface area (Å²) in [6.07, 6.45) is -0.156. The van der Waals surface area contributed by atoms with E-state index < -0.39 is 0 Å². The van der Waals surface area contributed by atoms with Crippen molar-refractivity contribution in [3.63, 3.8) is 0 Å². The summed E-state index contributed by atoms with van der Waals surface area (Å²) in [5.74, 6) is 0.750. The molecule has 2 rings (SSSR count). The Hall–Kier alpha value is -1.42. The minimum atomic E-state index is -0.156. The van der Waals surface area contributed by atoms with Crippen LogP contribution >= 0.6 is 0 Å². The third-order valence-corrected chi connectivity index (χ3v) is 2.02. The maximum Gasteiger partial charge on any atom is 0.143 e. The van der Waals surface area contributed by atoms with Gasteiger partial charge in [-0.1, -0.05) is 0 Å². The average Bonchev–Trinajstić information content (AvgIpc) is 2.17. The molecule has 0 amide bonds. The van der Waals surface area contributed by atoms with E-state index in [-0.39, 0.29) is 12.7 Å². The van der Waals surface area contributed by atoms with Crippen molar-refractivity contribution in [1.82, 2.24) is 0 Å². The van der Waals surface area contributed by atoms with Crippen molar-refractivity contribution in [1.29, 1.82) is 0 Å². The van der Waals surface area contributed by atoms with Gasteiger partial charge >= 0.3 is 0 Å².